The molecule has 0 unspecified atom stereocenters. The van der Waals surface area contributed by atoms with Crippen molar-refractivity contribution >= 4 is 28.2 Å². The van der Waals surface area contributed by atoms with Crippen LogP contribution in [0.25, 0.3) is 0 Å². The number of esters is 1. The Hall–Kier alpha value is -2.69. The molecule has 0 aliphatic heterocycles. The summed E-state index contributed by atoms with van der Waals surface area (Å²) in [6.45, 7) is 1.39. The second kappa shape index (κ2) is 9.00. The molecule has 0 fully saturated rings. The number of aryl methyl sites for hydroxylation is 1. The van der Waals surface area contributed by atoms with E-state index in [9.17, 15) is 14.9 Å². The van der Waals surface area contributed by atoms with Crippen molar-refractivity contribution in [1.82, 2.24) is 0 Å². The Morgan fingerprint density at radius 1 is 1.25 bits per heavy atom. The lowest BCUT2D eigenvalue weighted by Gasteiger charge is -2.13. The van der Waals surface area contributed by atoms with Gasteiger partial charge in [-0.3, -0.25) is 4.79 Å². The highest BCUT2D eigenvalue weighted by atomic mass is 32.1. The van der Waals surface area contributed by atoms with Gasteiger partial charge in [-0.25, -0.2) is 4.79 Å². The number of fused-ring (bicyclic) bond motifs is 1. The van der Waals surface area contributed by atoms with Gasteiger partial charge in [0, 0.05) is 4.88 Å². The molecule has 2 N–H and O–H groups in total. The van der Waals surface area contributed by atoms with Gasteiger partial charge in [0.05, 0.1) is 17.7 Å². The molecule has 0 saturated carbocycles. The summed E-state index contributed by atoms with van der Waals surface area (Å²) in [6.07, 6.45) is 4.08. The minimum Gasteiger partial charge on any atom is -0.449 e. The Morgan fingerprint density at radius 2 is 1.96 bits per heavy atom. The average molecular weight is 398 g/mol. The molecule has 1 aliphatic rings. The van der Waals surface area contributed by atoms with Crippen LogP contribution >= 0.6 is 11.3 Å². The number of anilines is 1. The summed E-state index contributed by atoms with van der Waals surface area (Å²) in [5, 5.41) is 21.9. The number of nitrogens with zero attached hydrogens (tertiary/aromatic N) is 1. The fraction of sp³-hybridized carbons (Fsp3) is 0.381. The molecule has 3 rings (SSSR count). The number of rotatable bonds is 5. The molecule has 0 spiro atoms. The lowest BCUT2D eigenvalue weighted by atomic mass is 10.1. The number of carbonyl (C=O) groups is 2. The number of aliphatic hydroxyl groups excluding tert-OH is 1. The molecular weight excluding hydrogens is 376 g/mol. The van der Waals surface area contributed by atoms with Crippen molar-refractivity contribution in [2.75, 3.05) is 5.32 Å². The van der Waals surface area contributed by atoms with Crippen LogP contribution in [0.15, 0.2) is 24.3 Å². The third-order valence-corrected chi connectivity index (χ3v) is 6.00. The van der Waals surface area contributed by atoms with Crippen molar-refractivity contribution in [3.8, 4) is 6.07 Å². The van der Waals surface area contributed by atoms with Gasteiger partial charge in [0.25, 0.3) is 5.91 Å². The van der Waals surface area contributed by atoms with Crippen LogP contribution in [0.5, 0.6) is 0 Å². The van der Waals surface area contributed by atoms with Crippen LogP contribution in [0.3, 0.4) is 0 Å². The maximum Gasteiger partial charge on any atom is 0.338 e. The molecule has 146 valence electrons. The first-order valence-corrected chi connectivity index (χ1v) is 10.1. The molecule has 6 nitrogen and oxygen atoms in total. The molecule has 1 aliphatic carbocycles. The van der Waals surface area contributed by atoms with E-state index >= 15 is 0 Å². The van der Waals surface area contributed by atoms with Crippen molar-refractivity contribution in [2.45, 2.75) is 51.7 Å². The standard InChI is InChI=1S/C21H22N2O4S/c1-13(27-21(26)15-9-7-14(12-24)8-10-15)19(25)23-20-17(11-22)16-5-3-2-4-6-18(16)28-20/h7-10,13,24H,2-6,12H2,1H3,(H,23,25)/t13-/m0/s1. The van der Waals surface area contributed by atoms with E-state index in [-0.39, 0.29) is 6.61 Å². The first-order valence-electron chi connectivity index (χ1n) is 9.29. The van der Waals surface area contributed by atoms with Gasteiger partial charge in [-0.05, 0) is 55.9 Å². The Balaban J connectivity index is 1.67. The molecule has 0 saturated heterocycles. The van der Waals surface area contributed by atoms with Gasteiger partial charge < -0.3 is 15.2 Å². The smallest absolute Gasteiger partial charge is 0.338 e. The van der Waals surface area contributed by atoms with Crippen molar-refractivity contribution in [3.05, 3.63) is 51.4 Å². The zero-order chi connectivity index (χ0) is 20.1. The number of aliphatic hydroxyl groups is 1. The van der Waals surface area contributed by atoms with Crippen molar-refractivity contribution < 1.29 is 19.4 Å². The lowest BCUT2D eigenvalue weighted by Crippen LogP contribution is -2.30. The van der Waals surface area contributed by atoms with Gasteiger partial charge in [-0.15, -0.1) is 11.3 Å². The maximum absolute atomic E-state index is 12.5. The predicted octanol–water partition coefficient (Wildman–Crippen LogP) is 3.56. The number of ether oxygens (including phenoxy) is 1. The minimum absolute atomic E-state index is 0.111. The molecule has 1 heterocycles. The number of nitrogens with one attached hydrogen (secondary N) is 1. The Labute approximate surface area is 167 Å². The Bertz CT molecular complexity index is 912. The second-order valence-electron chi connectivity index (χ2n) is 6.77. The first kappa shape index (κ1) is 20.1. The van der Waals surface area contributed by atoms with E-state index in [1.165, 1.54) is 18.3 Å². The monoisotopic (exact) mass is 398 g/mol. The number of carbonyl (C=O) groups excluding carboxylic acids is 2. The van der Waals surface area contributed by atoms with E-state index in [4.69, 9.17) is 9.84 Å². The van der Waals surface area contributed by atoms with E-state index in [0.29, 0.717) is 21.7 Å². The second-order valence-corrected chi connectivity index (χ2v) is 7.88. The van der Waals surface area contributed by atoms with Crippen LogP contribution in [-0.2, 0) is 29.0 Å². The van der Waals surface area contributed by atoms with Gasteiger partial charge in [0.15, 0.2) is 6.10 Å². The molecule has 1 aromatic heterocycles. The van der Waals surface area contributed by atoms with E-state index in [0.717, 1.165) is 42.5 Å². The zero-order valence-corrected chi connectivity index (χ0v) is 16.5. The average Bonchev–Trinajstić information content (AvgIpc) is 2.86. The summed E-state index contributed by atoms with van der Waals surface area (Å²) in [7, 11) is 0. The summed E-state index contributed by atoms with van der Waals surface area (Å²) >= 11 is 1.45. The molecular formula is C21H22N2O4S. The molecule has 1 aromatic carbocycles. The van der Waals surface area contributed by atoms with Crippen molar-refractivity contribution in [1.29, 1.82) is 5.26 Å². The molecule has 1 atom stereocenters. The van der Waals surface area contributed by atoms with E-state index in [1.54, 1.807) is 24.3 Å². The first-order chi connectivity index (χ1) is 13.5. The van der Waals surface area contributed by atoms with Crippen LogP contribution < -0.4 is 5.32 Å². The SMILES string of the molecule is C[C@H](OC(=O)c1ccc(CO)cc1)C(=O)Nc1sc2c(c1C#N)CCCCC2. The zero-order valence-electron chi connectivity index (χ0n) is 15.7. The van der Waals surface area contributed by atoms with Crippen LogP contribution in [-0.4, -0.2) is 23.1 Å². The van der Waals surface area contributed by atoms with Crippen LogP contribution in [0.1, 0.15) is 58.1 Å². The maximum atomic E-state index is 12.5. The summed E-state index contributed by atoms with van der Waals surface area (Å²) in [4.78, 5) is 25.9. The number of amides is 1. The fourth-order valence-corrected chi connectivity index (χ4v) is 4.43. The largest absolute Gasteiger partial charge is 0.449 e. The number of thiophene rings is 1. The summed E-state index contributed by atoms with van der Waals surface area (Å²) in [5.41, 5.74) is 2.57. The van der Waals surface area contributed by atoms with Gasteiger partial charge in [0.2, 0.25) is 0 Å². The van der Waals surface area contributed by atoms with Crippen LogP contribution in [0, 0.1) is 11.3 Å². The highest BCUT2D eigenvalue weighted by Crippen LogP contribution is 2.37. The van der Waals surface area contributed by atoms with Gasteiger partial charge >= 0.3 is 5.97 Å². The molecule has 28 heavy (non-hydrogen) atoms. The van der Waals surface area contributed by atoms with Gasteiger partial charge in [0.1, 0.15) is 11.1 Å². The Morgan fingerprint density at radius 3 is 2.64 bits per heavy atom. The Kier molecular flexibility index (Phi) is 6.45. The number of benzene rings is 1. The molecule has 7 heteroatoms. The third-order valence-electron chi connectivity index (χ3n) is 4.80. The lowest BCUT2D eigenvalue weighted by molar-refractivity contribution is -0.123. The predicted molar refractivity (Wildman–Crippen MR) is 106 cm³/mol. The number of hydrogen-bond acceptors (Lipinski definition) is 6. The molecule has 0 radical (unpaired) electrons. The van der Waals surface area contributed by atoms with Crippen LogP contribution in [0.2, 0.25) is 0 Å². The molecule has 2 aromatic rings. The molecule has 0 bridgehead atoms. The molecule has 1 amide bonds. The van der Waals surface area contributed by atoms with E-state index in [1.807, 2.05) is 0 Å². The highest BCUT2D eigenvalue weighted by Gasteiger charge is 2.24. The minimum atomic E-state index is -1.00. The number of hydrogen-bond donors (Lipinski definition) is 2. The fourth-order valence-electron chi connectivity index (χ4n) is 3.19. The summed E-state index contributed by atoms with van der Waals surface area (Å²) in [5.74, 6) is -1.08. The van der Waals surface area contributed by atoms with Crippen molar-refractivity contribution in [2.24, 2.45) is 0 Å². The van der Waals surface area contributed by atoms with Crippen molar-refractivity contribution in [3.63, 3.8) is 0 Å². The van der Waals surface area contributed by atoms with Gasteiger partial charge in [-0.2, -0.15) is 5.26 Å². The summed E-state index contributed by atoms with van der Waals surface area (Å²) in [6, 6.07) is 8.56. The van der Waals surface area contributed by atoms with Gasteiger partial charge in [-0.1, -0.05) is 18.6 Å². The quantitative estimate of drug-likeness (QED) is 0.592. The third kappa shape index (κ3) is 4.41. The topological polar surface area (TPSA) is 99.4 Å². The normalized spacial score (nSPS) is 14.3. The number of nitriles is 1. The van der Waals surface area contributed by atoms with Crippen LogP contribution in [0.4, 0.5) is 5.00 Å². The van der Waals surface area contributed by atoms with E-state index in [2.05, 4.69) is 11.4 Å². The van der Waals surface area contributed by atoms with E-state index < -0.39 is 18.0 Å². The highest BCUT2D eigenvalue weighted by molar-refractivity contribution is 7.16. The summed E-state index contributed by atoms with van der Waals surface area (Å²) < 4.78 is 5.25.